The fourth-order valence-electron chi connectivity index (χ4n) is 1.68. The molecule has 0 heterocycles. The van der Waals surface area contributed by atoms with Crippen LogP contribution in [0, 0.1) is 40.5 Å². The molecular weight excluding hydrogens is 294 g/mol. The van der Waals surface area contributed by atoms with Crippen molar-refractivity contribution in [2.75, 3.05) is 0 Å². The SMILES string of the molecule is CC(N[N+](=O)[O-])c1ccc([N+](=O)[O-])c([N+](=O)[O-])c1[N+](=O)[O-]. The number of benzene rings is 1. The predicted octanol–water partition coefficient (Wildman–Crippen LogP) is 1.25. The summed E-state index contributed by atoms with van der Waals surface area (Å²) < 4.78 is 0. The summed E-state index contributed by atoms with van der Waals surface area (Å²) in [6, 6.07) is 0.295. The van der Waals surface area contributed by atoms with E-state index in [1.165, 1.54) is 0 Å². The Kier molecular flexibility index (Phi) is 4.27. The first-order valence-corrected chi connectivity index (χ1v) is 5.17. The zero-order valence-corrected chi connectivity index (χ0v) is 10.3. The average molecular weight is 301 g/mol. The van der Waals surface area contributed by atoms with Gasteiger partial charge < -0.3 is 0 Å². The van der Waals surface area contributed by atoms with Crippen LogP contribution in [0.2, 0.25) is 0 Å². The molecule has 0 radical (unpaired) electrons. The summed E-state index contributed by atoms with van der Waals surface area (Å²) in [5.41, 5.74) is -2.26. The number of hydrazine groups is 1. The minimum atomic E-state index is -1.32. The molecule has 1 N–H and O–H groups in total. The molecule has 0 saturated heterocycles. The van der Waals surface area contributed by atoms with Gasteiger partial charge in [-0.25, -0.2) is 10.1 Å². The molecule has 0 aromatic heterocycles. The van der Waals surface area contributed by atoms with Crippen molar-refractivity contribution in [3.63, 3.8) is 0 Å². The van der Waals surface area contributed by atoms with Crippen molar-refractivity contribution in [2.24, 2.45) is 0 Å². The summed E-state index contributed by atoms with van der Waals surface area (Å²) in [4.78, 5) is 39.4. The minimum Gasteiger partial charge on any atom is -0.258 e. The third-order valence-electron chi connectivity index (χ3n) is 2.49. The highest BCUT2D eigenvalue weighted by Crippen LogP contribution is 2.40. The van der Waals surface area contributed by atoms with E-state index in [0.717, 1.165) is 13.0 Å². The first kappa shape index (κ1) is 15.7. The molecule has 0 bridgehead atoms. The fourth-order valence-corrected chi connectivity index (χ4v) is 1.68. The Labute approximate surface area is 114 Å². The van der Waals surface area contributed by atoms with E-state index in [9.17, 15) is 40.5 Å². The first-order chi connectivity index (χ1) is 9.66. The third-order valence-corrected chi connectivity index (χ3v) is 2.49. The van der Waals surface area contributed by atoms with Crippen LogP contribution in [0.3, 0.4) is 0 Å². The van der Waals surface area contributed by atoms with Crippen molar-refractivity contribution in [3.8, 4) is 0 Å². The van der Waals surface area contributed by atoms with E-state index in [1.807, 2.05) is 0 Å². The standard InChI is InChI=1S/C8H7N5O8/c1-4(9-13(20)21)5-2-3-6(10(14)15)8(12(18)19)7(5)11(16)17/h2-4,9H,1H3. The van der Waals surface area contributed by atoms with Crippen molar-refractivity contribution in [2.45, 2.75) is 13.0 Å². The number of hydrogen-bond donors (Lipinski definition) is 1. The molecule has 0 fully saturated rings. The summed E-state index contributed by atoms with van der Waals surface area (Å²) in [5, 5.41) is 42.0. The lowest BCUT2D eigenvalue weighted by Crippen LogP contribution is -2.25. The van der Waals surface area contributed by atoms with E-state index in [4.69, 9.17) is 0 Å². The van der Waals surface area contributed by atoms with Gasteiger partial charge in [-0.3, -0.25) is 30.3 Å². The van der Waals surface area contributed by atoms with Crippen LogP contribution in [-0.4, -0.2) is 19.8 Å². The van der Waals surface area contributed by atoms with Crippen LogP contribution in [0.5, 0.6) is 0 Å². The van der Waals surface area contributed by atoms with E-state index in [0.29, 0.717) is 6.07 Å². The zero-order chi connectivity index (χ0) is 16.3. The summed E-state index contributed by atoms with van der Waals surface area (Å²) in [5.74, 6) is 0. The molecule has 13 nitrogen and oxygen atoms in total. The molecule has 1 aromatic carbocycles. The van der Waals surface area contributed by atoms with Gasteiger partial charge in [0.1, 0.15) is 6.04 Å². The average Bonchev–Trinajstić information content (AvgIpc) is 2.35. The molecule has 112 valence electrons. The molecule has 1 aromatic rings. The lowest BCUT2D eigenvalue weighted by molar-refractivity contribution is -0.551. The monoisotopic (exact) mass is 301 g/mol. The van der Waals surface area contributed by atoms with Gasteiger partial charge in [-0.1, -0.05) is 0 Å². The lowest BCUT2D eigenvalue weighted by atomic mass is 10.0. The number of nitro groups is 4. The number of nitrogens with one attached hydrogen (secondary N) is 1. The van der Waals surface area contributed by atoms with Crippen molar-refractivity contribution in [1.82, 2.24) is 5.43 Å². The fraction of sp³-hybridized carbons (Fsp3) is 0.250. The third kappa shape index (κ3) is 3.14. The van der Waals surface area contributed by atoms with E-state index in [-0.39, 0.29) is 0 Å². The summed E-state index contributed by atoms with van der Waals surface area (Å²) in [7, 11) is 0. The molecule has 1 unspecified atom stereocenters. The smallest absolute Gasteiger partial charge is 0.258 e. The lowest BCUT2D eigenvalue weighted by Gasteiger charge is -2.09. The second kappa shape index (κ2) is 5.72. The number of nitro benzene ring substituents is 3. The number of rotatable bonds is 6. The topological polar surface area (TPSA) is 185 Å². The molecule has 21 heavy (non-hydrogen) atoms. The largest absolute Gasteiger partial charge is 0.422 e. The van der Waals surface area contributed by atoms with E-state index in [1.54, 1.807) is 5.43 Å². The maximum absolute atomic E-state index is 11.0. The molecule has 1 atom stereocenters. The normalized spacial score (nSPS) is 11.5. The van der Waals surface area contributed by atoms with Crippen LogP contribution in [0.1, 0.15) is 18.5 Å². The molecule has 0 amide bonds. The van der Waals surface area contributed by atoms with Crippen LogP contribution in [-0.2, 0) is 0 Å². The van der Waals surface area contributed by atoms with Crippen LogP contribution < -0.4 is 5.43 Å². The predicted molar refractivity (Wildman–Crippen MR) is 65.0 cm³/mol. The Morgan fingerprint density at radius 2 is 1.43 bits per heavy atom. The second-order valence-corrected chi connectivity index (χ2v) is 3.75. The molecular formula is C8H7N5O8. The number of hydrogen-bond acceptors (Lipinski definition) is 8. The Balaban J connectivity index is 3.64. The quantitative estimate of drug-likeness (QED) is 0.595. The van der Waals surface area contributed by atoms with Crippen LogP contribution in [0.4, 0.5) is 17.1 Å². The second-order valence-electron chi connectivity index (χ2n) is 3.75. The van der Waals surface area contributed by atoms with Crippen LogP contribution in [0.15, 0.2) is 12.1 Å². The van der Waals surface area contributed by atoms with E-state index in [2.05, 4.69) is 0 Å². The number of nitrogens with zero attached hydrogens (tertiary/aromatic N) is 4. The van der Waals surface area contributed by atoms with Crippen LogP contribution >= 0.6 is 0 Å². The minimum absolute atomic E-state index is 0.408. The summed E-state index contributed by atoms with van der Waals surface area (Å²) in [6.45, 7) is 1.15. The van der Waals surface area contributed by atoms with Gasteiger partial charge in [0.25, 0.3) is 0 Å². The molecule has 0 aliphatic rings. The van der Waals surface area contributed by atoms with E-state index < -0.39 is 48.5 Å². The molecule has 0 aliphatic heterocycles. The van der Waals surface area contributed by atoms with Gasteiger partial charge in [0.15, 0.2) is 5.03 Å². The maximum atomic E-state index is 11.0. The first-order valence-electron chi connectivity index (χ1n) is 5.17. The van der Waals surface area contributed by atoms with Gasteiger partial charge in [0.2, 0.25) is 0 Å². The molecule has 1 rings (SSSR count). The van der Waals surface area contributed by atoms with Crippen molar-refractivity contribution in [1.29, 1.82) is 0 Å². The Morgan fingerprint density at radius 3 is 1.81 bits per heavy atom. The highest BCUT2D eigenvalue weighted by molar-refractivity contribution is 5.69. The van der Waals surface area contributed by atoms with Crippen LogP contribution in [0.25, 0.3) is 0 Å². The maximum Gasteiger partial charge on any atom is 0.422 e. The van der Waals surface area contributed by atoms with Crippen molar-refractivity contribution >= 4 is 17.1 Å². The van der Waals surface area contributed by atoms with Gasteiger partial charge >= 0.3 is 17.1 Å². The van der Waals surface area contributed by atoms with Crippen molar-refractivity contribution in [3.05, 3.63) is 58.2 Å². The molecule has 0 saturated carbocycles. The van der Waals surface area contributed by atoms with Gasteiger partial charge in [-0.2, -0.15) is 0 Å². The van der Waals surface area contributed by atoms with Gasteiger partial charge in [0, 0.05) is 6.07 Å². The molecule has 13 heteroatoms. The van der Waals surface area contributed by atoms with Gasteiger partial charge in [0.05, 0.1) is 20.3 Å². The highest BCUT2D eigenvalue weighted by Gasteiger charge is 2.40. The van der Waals surface area contributed by atoms with Gasteiger partial charge in [-0.05, 0) is 13.0 Å². The molecule has 0 spiro atoms. The zero-order valence-electron chi connectivity index (χ0n) is 10.3. The molecule has 0 aliphatic carbocycles. The Hall–Kier alpha value is -3.38. The highest BCUT2D eigenvalue weighted by atomic mass is 16.7. The van der Waals surface area contributed by atoms with Gasteiger partial charge in [-0.15, -0.1) is 5.43 Å². The summed E-state index contributed by atoms with van der Waals surface area (Å²) >= 11 is 0. The van der Waals surface area contributed by atoms with E-state index >= 15 is 0 Å². The summed E-state index contributed by atoms with van der Waals surface area (Å²) in [6.07, 6.45) is 0. The Bertz CT molecular complexity index is 644. The van der Waals surface area contributed by atoms with Crippen molar-refractivity contribution < 1.29 is 19.8 Å². The Morgan fingerprint density at radius 1 is 0.905 bits per heavy atom.